The first kappa shape index (κ1) is 13.6. The van der Waals surface area contributed by atoms with Gasteiger partial charge in [0.25, 0.3) is 0 Å². The zero-order chi connectivity index (χ0) is 13.0. The Kier molecular flexibility index (Phi) is 4.78. The van der Waals surface area contributed by atoms with E-state index in [2.05, 4.69) is 23.9 Å². The van der Waals surface area contributed by atoms with Gasteiger partial charge in [-0.2, -0.15) is 0 Å². The van der Waals surface area contributed by atoms with E-state index in [0.29, 0.717) is 6.54 Å². The second-order valence-electron chi connectivity index (χ2n) is 5.70. The maximum atomic E-state index is 5.54. The van der Waals surface area contributed by atoms with Crippen LogP contribution in [0.1, 0.15) is 44.6 Å². The molecule has 0 aromatic carbocycles. The van der Waals surface area contributed by atoms with Gasteiger partial charge >= 0.3 is 0 Å². The van der Waals surface area contributed by atoms with Gasteiger partial charge in [0.1, 0.15) is 0 Å². The van der Waals surface area contributed by atoms with Crippen LogP contribution in [0, 0.1) is 11.8 Å². The molecule has 0 saturated carbocycles. The summed E-state index contributed by atoms with van der Waals surface area (Å²) in [5.41, 5.74) is 6.38. The van der Waals surface area contributed by atoms with Gasteiger partial charge in [-0.15, -0.1) is 0 Å². The average molecular weight is 251 g/mol. The van der Waals surface area contributed by atoms with Gasteiger partial charge in [-0.3, -0.25) is 4.90 Å². The van der Waals surface area contributed by atoms with Crippen molar-refractivity contribution in [2.24, 2.45) is 17.6 Å². The monoisotopic (exact) mass is 251 g/mol. The third-order valence-corrected chi connectivity index (χ3v) is 4.00. The molecule has 0 spiro atoms. The molecule has 1 aromatic rings. The molecule has 4 heteroatoms. The molecule has 102 valence electrons. The van der Waals surface area contributed by atoms with E-state index in [-0.39, 0.29) is 0 Å². The van der Waals surface area contributed by atoms with Gasteiger partial charge in [0, 0.05) is 12.6 Å². The van der Waals surface area contributed by atoms with Crippen LogP contribution < -0.4 is 5.73 Å². The van der Waals surface area contributed by atoms with E-state index >= 15 is 0 Å². The highest BCUT2D eigenvalue weighted by atomic mass is 16.5. The molecule has 0 bridgehead atoms. The molecule has 0 radical (unpaired) electrons. The van der Waals surface area contributed by atoms with Crippen LogP contribution in [0.25, 0.3) is 0 Å². The minimum absolute atomic E-state index is 0.457. The Hall–Kier alpha value is -0.870. The molecule has 1 saturated heterocycles. The summed E-state index contributed by atoms with van der Waals surface area (Å²) in [6.07, 6.45) is 3.95. The summed E-state index contributed by atoms with van der Waals surface area (Å²) in [7, 11) is 0. The molecule has 1 atom stereocenters. The number of nitrogens with zero attached hydrogens (tertiary/aromatic N) is 2. The second kappa shape index (κ2) is 6.34. The topological polar surface area (TPSA) is 55.3 Å². The zero-order valence-corrected chi connectivity index (χ0v) is 11.6. The third-order valence-electron chi connectivity index (χ3n) is 4.00. The lowest BCUT2D eigenvalue weighted by atomic mass is 9.89. The quantitative estimate of drug-likeness (QED) is 0.892. The van der Waals surface area contributed by atoms with Gasteiger partial charge in [0.05, 0.1) is 12.2 Å². The maximum absolute atomic E-state index is 5.54. The lowest BCUT2D eigenvalue weighted by Gasteiger charge is -2.20. The molecule has 1 aliphatic heterocycles. The third kappa shape index (κ3) is 3.56. The number of hydrogen-bond acceptors (Lipinski definition) is 4. The van der Waals surface area contributed by atoms with Crippen LogP contribution in [0.4, 0.5) is 0 Å². The van der Waals surface area contributed by atoms with Crippen LogP contribution in [0.5, 0.6) is 0 Å². The Bertz CT molecular complexity index is 362. The van der Waals surface area contributed by atoms with Gasteiger partial charge in [-0.05, 0) is 44.2 Å². The Balaban J connectivity index is 1.86. The normalized spacial score (nSPS) is 22.3. The summed E-state index contributed by atoms with van der Waals surface area (Å²) in [5, 5.41) is 3.94. The van der Waals surface area contributed by atoms with E-state index in [9.17, 15) is 0 Å². The molecular formula is C14H25N3O. The molecule has 1 aromatic heterocycles. The highest BCUT2D eigenvalue weighted by Crippen LogP contribution is 2.25. The molecule has 1 unspecified atom stereocenters. The van der Waals surface area contributed by atoms with Crippen molar-refractivity contribution in [2.45, 2.75) is 46.2 Å². The molecule has 2 heterocycles. The van der Waals surface area contributed by atoms with Gasteiger partial charge in [-0.25, -0.2) is 0 Å². The number of hydrogen-bond donors (Lipinski definition) is 1. The van der Waals surface area contributed by atoms with E-state index in [1.807, 2.05) is 6.07 Å². The van der Waals surface area contributed by atoms with Crippen molar-refractivity contribution >= 4 is 0 Å². The van der Waals surface area contributed by atoms with Crippen molar-refractivity contribution < 1.29 is 4.52 Å². The highest BCUT2D eigenvalue weighted by Gasteiger charge is 2.20. The summed E-state index contributed by atoms with van der Waals surface area (Å²) in [5.74, 6) is 2.63. The predicted octanol–water partition coefficient (Wildman–Crippen LogP) is 2.39. The van der Waals surface area contributed by atoms with E-state index in [1.165, 1.54) is 32.4 Å². The fourth-order valence-corrected chi connectivity index (χ4v) is 2.75. The zero-order valence-electron chi connectivity index (χ0n) is 11.6. The fourth-order valence-electron chi connectivity index (χ4n) is 2.75. The number of nitrogens with two attached hydrogens (primary N) is 1. The van der Waals surface area contributed by atoms with E-state index < -0.39 is 0 Å². The fraction of sp³-hybridized carbons (Fsp3) is 0.786. The van der Waals surface area contributed by atoms with E-state index in [4.69, 9.17) is 10.3 Å². The minimum Gasteiger partial charge on any atom is -0.360 e. The lowest BCUT2D eigenvalue weighted by Crippen LogP contribution is -2.24. The molecule has 4 nitrogen and oxygen atoms in total. The largest absolute Gasteiger partial charge is 0.360 e. The first-order valence-corrected chi connectivity index (χ1v) is 7.06. The summed E-state index contributed by atoms with van der Waals surface area (Å²) in [6, 6.07) is 1.98. The summed E-state index contributed by atoms with van der Waals surface area (Å²) >= 11 is 0. The molecule has 18 heavy (non-hydrogen) atoms. The number of rotatable bonds is 4. The van der Waals surface area contributed by atoms with Crippen molar-refractivity contribution in [3.63, 3.8) is 0 Å². The molecule has 2 N–H and O–H groups in total. The first-order chi connectivity index (χ1) is 8.69. The Morgan fingerprint density at radius 2 is 2.28 bits per heavy atom. The maximum Gasteiger partial charge on any atom is 0.151 e. The second-order valence-corrected chi connectivity index (χ2v) is 5.70. The summed E-state index contributed by atoms with van der Waals surface area (Å²) < 4.78 is 5.30. The van der Waals surface area contributed by atoms with Crippen molar-refractivity contribution in [1.82, 2.24) is 10.1 Å². The smallest absolute Gasteiger partial charge is 0.151 e. The molecule has 0 amide bonds. The molecular weight excluding hydrogens is 226 g/mol. The van der Waals surface area contributed by atoms with Crippen molar-refractivity contribution in [3.8, 4) is 0 Å². The van der Waals surface area contributed by atoms with Crippen molar-refractivity contribution in [1.29, 1.82) is 0 Å². The molecule has 1 fully saturated rings. The molecule has 1 aliphatic rings. The lowest BCUT2D eigenvalue weighted by molar-refractivity contribution is 0.232. The predicted molar refractivity (Wildman–Crippen MR) is 71.9 cm³/mol. The van der Waals surface area contributed by atoms with Crippen LogP contribution in [0.15, 0.2) is 10.6 Å². The van der Waals surface area contributed by atoms with Gasteiger partial charge in [0.15, 0.2) is 5.76 Å². The van der Waals surface area contributed by atoms with Crippen molar-refractivity contribution in [2.75, 3.05) is 13.1 Å². The molecule has 2 rings (SSSR count). The Labute approximate surface area is 110 Å². The van der Waals surface area contributed by atoms with Gasteiger partial charge < -0.3 is 10.3 Å². The first-order valence-electron chi connectivity index (χ1n) is 7.06. The molecule has 0 aliphatic carbocycles. The standard InChI is InChI=1S/C14H25N3O/c1-11(2)12-4-3-6-17(7-5-12)10-14-8-13(9-15)16-18-14/h8,11-12H,3-7,9-10,15H2,1-2H3. The van der Waals surface area contributed by atoms with Gasteiger partial charge in [0.2, 0.25) is 0 Å². The van der Waals surface area contributed by atoms with E-state index in [0.717, 1.165) is 29.8 Å². The highest BCUT2D eigenvalue weighted by molar-refractivity contribution is 5.04. The van der Waals surface area contributed by atoms with Crippen LogP contribution in [0.3, 0.4) is 0 Å². The van der Waals surface area contributed by atoms with Crippen LogP contribution >= 0.6 is 0 Å². The average Bonchev–Trinajstić information content (AvgIpc) is 2.66. The van der Waals surface area contributed by atoms with Gasteiger partial charge in [-0.1, -0.05) is 19.0 Å². The van der Waals surface area contributed by atoms with E-state index in [1.54, 1.807) is 0 Å². The van der Waals surface area contributed by atoms with Crippen LogP contribution in [0.2, 0.25) is 0 Å². The Morgan fingerprint density at radius 3 is 2.94 bits per heavy atom. The minimum atomic E-state index is 0.457. The Morgan fingerprint density at radius 1 is 1.44 bits per heavy atom. The van der Waals surface area contributed by atoms with Crippen molar-refractivity contribution in [3.05, 3.63) is 17.5 Å². The number of aromatic nitrogens is 1. The number of likely N-dealkylation sites (tertiary alicyclic amines) is 1. The van der Waals surface area contributed by atoms with Crippen LogP contribution in [-0.2, 0) is 13.1 Å². The summed E-state index contributed by atoms with van der Waals surface area (Å²) in [4.78, 5) is 2.48. The summed E-state index contributed by atoms with van der Waals surface area (Å²) in [6.45, 7) is 8.34. The SMILES string of the molecule is CC(C)C1CCCN(Cc2cc(CN)no2)CC1. The van der Waals surface area contributed by atoms with Crippen LogP contribution in [-0.4, -0.2) is 23.1 Å².